The third-order valence-electron chi connectivity index (χ3n) is 2.50. The fourth-order valence-corrected chi connectivity index (χ4v) is 2.83. The standard InChI is InChI=1S/C14H12BrCl/c15-13(10-11-6-2-1-3-7-11)12-8-4-5-9-14(12)16/h1-9,13H,10H2. The molecule has 2 aromatic rings. The Hall–Kier alpha value is -0.790. The van der Waals surface area contributed by atoms with Gasteiger partial charge < -0.3 is 0 Å². The summed E-state index contributed by atoms with van der Waals surface area (Å²) in [7, 11) is 0. The third-order valence-corrected chi connectivity index (χ3v) is 3.66. The molecule has 2 aromatic carbocycles. The first-order valence-corrected chi connectivity index (χ1v) is 6.49. The molecule has 0 radical (unpaired) electrons. The molecule has 0 aliphatic rings. The summed E-state index contributed by atoms with van der Waals surface area (Å²) >= 11 is 9.84. The van der Waals surface area contributed by atoms with Crippen molar-refractivity contribution >= 4 is 27.5 Å². The molecule has 0 aliphatic carbocycles. The Labute approximate surface area is 109 Å². The van der Waals surface area contributed by atoms with Gasteiger partial charge in [-0.15, -0.1) is 0 Å². The lowest BCUT2D eigenvalue weighted by Gasteiger charge is -2.11. The Balaban J connectivity index is 2.15. The second-order valence-corrected chi connectivity index (χ2v) is 5.19. The van der Waals surface area contributed by atoms with Crippen molar-refractivity contribution in [2.24, 2.45) is 0 Å². The molecule has 16 heavy (non-hydrogen) atoms. The summed E-state index contributed by atoms with van der Waals surface area (Å²) in [6, 6.07) is 18.4. The van der Waals surface area contributed by atoms with Gasteiger partial charge in [0.05, 0.1) is 0 Å². The Bertz CT molecular complexity index is 453. The van der Waals surface area contributed by atoms with Crippen LogP contribution in [0.1, 0.15) is 16.0 Å². The molecule has 1 unspecified atom stereocenters. The van der Waals surface area contributed by atoms with E-state index >= 15 is 0 Å². The van der Waals surface area contributed by atoms with Crippen molar-refractivity contribution in [2.45, 2.75) is 11.2 Å². The second-order valence-electron chi connectivity index (χ2n) is 3.68. The third kappa shape index (κ3) is 2.87. The van der Waals surface area contributed by atoms with E-state index in [0.29, 0.717) is 0 Å². The van der Waals surface area contributed by atoms with Crippen LogP contribution in [-0.2, 0) is 6.42 Å². The summed E-state index contributed by atoms with van der Waals surface area (Å²) in [5.74, 6) is 0. The molecule has 2 heteroatoms. The average molecular weight is 296 g/mol. The van der Waals surface area contributed by atoms with Crippen molar-refractivity contribution in [3.63, 3.8) is 0 Å². The van der Waals surface area contributed by atoms with E-state index in [1.165, 1.54) is 5.56 Å². The molecule has 1 atom stereocenters. The molecule has 0 heterocycles. The van der Waals surface area contributed by atoms with Crippen LogP contribution in [-0.4, -0.2) is 0 Å². The molecule has 2 rings (SSSR count). The van der Waals surface area contributed by atoms with Crippen LogP contribution in [0.15, 0.2) is 54.6 Å². The number of hydrogen-bond acceptors (Lipinski definition) is 0. The van der Waals surface area contributed by atoms with Crippen LogP contribution in [0.4, 0.5) is 0 Å². The Morgan fingerprint density at radius 3 is 2.25 bits per heavy atom. The Morgan fingerprint density at radius 2 is 1.56 bits per heavy atom. The highest BCUT2D eigenvalue weighted by atomic mass is 79.9. The lowest BCUT2D eigenvalue weighted by atomic mass is 10.0. The van der Waals surface area contributed by atoms with E-state index in [2.05, 4.69) is 46.3 Å². The van der Waals surface area contributed by atoms with Gasteiger partial charge in [0.15, 0.2) is 0 Å². The number of benzene rings is 2. The van der Waals surface area contributed by atoms with Gasteiger partial charge in [-0.3, -0.25) is 0 Å². The summed E-state index contributed by atoms with van der Waals surface area (Å²) in [6.45, 7) is 0. The van der Waals surface area contributed by atoms with Crippen LogP contribution >= 0.6 is 27.5 Å². The predicted molar refractivity (Wildman–Crippen MR) is 73.3 cm³/mol. The van der Waals surface area contributed by atoms with Gasteiger partial charge in [0.1, 0.15) is 0 Å². The van der Waals surface area contributed by atoms with Crippen LogP contribution in [0.2, 0.25) is 5.02 Å². The summed E-state index contributed by atoms with van der Waals surface area (Å²) in [5, 5.41) is 0.820. The molecule has 0 fully saturated rings. The van der Waals surface area contributed by atoms with Crippen molar-refractivity contribution in [3.8, 4) is 0 Å². The molecule has 0 saturated heterocycles. The van der Waals surface area contributed by atoms with Gasteiger partial charge in [-0.05, 0) is 23.6 Å². The van der Waals surface area contributed by atoms with Crippen LogP contribution < -0.4 is 0 Å². The van der Waals surface area contributed by atoms with Crippen LogP contribution in [0.25, 0.3) is 0 Å². The van der Waals surface area contributed by atoms with Crippen molar-refractivity contribution in [2.75, 3.05) is 0 Å². The molecular formula is C14H12BrCl. The predicted octanol–water partition coefficient (Wildman–Crippen LogP) is 5.02. The first-order chi connectivity index (χ1) is 7.77. The minimum Gasteiger partial charge on any atom is -0.0840 e. The van der Waals surface area contributed by atoms with Gasteiger partial charge in [-0.1, -0.05) is 76.1 Å². The van der Waals surface area contributed by atoms with Crippen molar-refractivity contribution < 1.29 is 0 Å². The van der Waals surface area contributed by atoms with Crippen LogP contribution in [0, 0.1) is 0 Å². The topological polar surface area (TPSA) is 0 Å². The highest BCUT2D eigenvalue weighted by Gasteiger charge is 2.11. The van der Waals surface area contributed by atoms with E-state index in [1.807, 2.05) is 24.3 Å². The molecule has 0 saturated carbocycles. The monoisotopic (exact) mass is 294 g/mol. The maximum absolute atomic E-state index is 6.16. The summed E-state index contributed by atoms with van der Waals surface area (Å²) in [6.07, 6.45) is 0.949. The molecule has 0 nitrogen and oxygen atoms in total. The number of hydrogen-bond donors (Lipinski definition) is 0. The maximum Gasteiger partial charge on any atom is 0.0450 e. The highest BCUT2D eigenvalue weighted by molar-refractivity contribution is 9.09. The minimum atomic E-state index is 0.267. The molecule has 0 N–H and O–H groups in total. The van der Waals surface area contributed by atoms with Gasteiger partial charge >= 0.3 is 0 Å². The molecule has 0 spiro atoms. The smallest absolute Gasteiger partial charge is 0.0450 e. The number of alkyl halides is 1. The lowest BCUT2D eigenvalue weighted by molar-refractivity contribution is 0.949. The SMILES string of the molecule is Clc1ccccc1C(Br)Cc1ccccc1. The zero-order valence-electron chi connectivity index (χ0n) is 8.74. The fraction of sp³-hybridized carbons (Fsp3) is 0.143. The van der Waals surface area contributed by atoms with Crippen molar-refractivity contribution in [1.82, 2.24) is 0 Å². The van der Waals surface area contributed by atoms with Gasteiger partial charge in [0.2, 0.25) is 0 Å². The van der Waals surface area contributed by atoms with Crippen LogP contribution in [0.3, 0.4) is 0 Å². The summed E-state index contributed by atoms with van der Waals surface area (Å²) in [4.78, 5) is 0.267. The van der Waals surface area contributed by atoms with Gasteiger partial charge in [-0.25, -0.2) is 0 Å². The van der Waals surface area contributed by atoms with E-state index in [1.54, 1.807) is 0 Å². The Kier molecular flexibility index (Phi) is 4.03. The molecule has 82 valence electrons. The minimum absolute atomic E-state index is 0.267. The van der Waals surface area contributed by atoms with Gasteiger partial charge in [0, 0.05) is 9.85 Å². The fourth-order valence-electron chi connectivity index (χ4n) is 1.66. The Morgan fingerprint density at radius 1 is 0.938 bits per heavy atom. The van der Waals surface area contributed by atoms with Crippen LogP contribution in [0.5, 0.6) is 0 Å². The van der Waals surface area contributed by atoms with Crippen molar-refractivity contribution in [3.05, 3.63) is 70.7 Å². The lowest BCUT2D eigenvalue weighted by Crippen LogP contribution is -1.95. The quantitative estimate of drug-likeness (QED) is 0.698. The molecular weight excluding hydrogens is 284 g/mol. The molecule has 0 aliphatic heterocycles. The molecule has 0 aromatic heterocycles. The van der Waals surface area contributed by atoms with Crippen molar-refractivity contribution in [1.29, 1.82) is 0 Å². The van der Waals surface area contributed by atoms with Gasteiger partial charge in [0.25, 0.3) is 0 Å². The van der Waals surface area contributed by atoms with E-state index in [0.717, 1.165) is 17.0 Å². The average Bonchev–Trinajstić information content (AvgIpc) is 2.31. The van der Waals surface area contributed by atoms with Gasteiger partial charge in [-0.2, -0.15) is 0 Å². The van der Waals surface area contributed by atoms with E-state index < -0.39 is 0 Å². The summed E-state index contributed by atoms with van der Waals surface area (Å²) < 4.78 is 0. The second kappa shape index (κ2) is 5.51. The summed E-state index contributed by atoms with van der Waals surface area (Å²) in [5.41, 5.74) is 2.46. The van der Waals surface area contributed by atoms with E-state index in [9.17, 15) is 0 Å². The van der Waals surface area contributed by atoms with E-state index in [-0.39, 0.29) is 4.83 Å². The first kappa shape index (κ1) is 11.7. The number of rotatable bonds is 3. The normalized spacial score (nSPS) is 12.4. The highest BCUT2D eigenvalue weighted by Crippen LogP contribution is 2.31. The first-order valence-electron chi connectivity index (χ1n) is 5.20. The molecule has 0 amide bonds. The molecule has 0 bridgehead atoms. The zero-order valence-corrected chi connectivity index (χ0v) is 11.1. The zero-order chi connectivity index (χ0) is 11.4. The maximum atomic E-state index is 6.16. The number of halogens is 2. The van der Waals surface area contributed by atoms with E-state index in [4.69, 9.17) is 11.6 Å². The largest absolute Gasteiger partial charge is 0.0840 e.